The van der Waals surface area contributed by atoms with Gasteiger partial charge >= 0.3 is 6.09 Å². The summed E-state index contributed by atoms with van der Waals surface area (Å²) in [5.74, 6) is -0.122. The van der Waals surface area contributed by atoms with E-state index in [2.05, 4.69) is 10.6 Å². The smallest absolute Gasteiger partial charge is 0.411 e. The largest absolute Gasteiger partial charge is 0.438 e. The summed E-state index contributed by atoms with van der Waals surface area (Å²) in [5.41, 5.74) is 2.16. The molecule has 0 aliphatic carbocycles. The van der Waals surface area contributed by atoms with Crippen molar-refractivity contribution in [1.29, 1.82) is 0 Å². The molecule has 3 amide bonds. The van der Waals surface area contributed by atoms with E-state index in [-0.39, 0.29) is 24.3 Å². The van der Waals surface area contributed by atoms with Crippen LogP contribution in [0, 0.1) is 5.92 Å². The third kappa shape index (κ3) is 6.81. The van der Waals surface area contributed by atoms with Crippen molar-refractivity contribution in [3.05, 3.63) is 65.7 Å². The van der Waals surface area contributed by atoms with Gasteiger partial charge in [-0.2, -0.15) is 0 Å². The molecular weight excluding hydrogens is 432 g/mol. The lowest BCUT2D eigenvalue weighted by Crippen LogP contribution is -2.47. The molecule has 2 aromatic carbocycles. The van der Waals surface area contributed by atoms with Crippen LogP contribution in [0.15, 0.2) is 54.6 Å². The minimum Gasteiger partial charge on any atom is -0.438 e. The van der Waals surface area contributed by atoms with Gasteiger partial charge in [0, 0.05) is 25.2 Å². The number of carbonyl (C=O) groups is 3. The van der Waals surface area contributed by atoms with Crippen molar-refractivity contribution in [1.82, 2.24) is 15.1 Å². The van der Waals surface area contributed by atoms with Gasteiger partial charge in [0.15, 0.2) is 12.1 Å². The number of carbonyl (C=O) groups excluding carboxylic acids is 3. The molecule has 2 aromatic rings. The van der Waals surface area contributed by atoms with Crippen LogP contribution in [-0.4, -0.2) is 60.9 Å². The van der Waals surface area contributed by atoms with Crippen LogP contribution in [0.5, 0.6) is 0 Å². The lowest BCUT2D eigenvalue weighted by molar-refractivity contribution is -0.126. The summed E-state index contributed by atoms with van der Waals surface area (Å²) < 4.78 is 5.72. The highest BCUT2D eigenvalue weighted by Gasteiger charge is 2.47. The first-order valence-electron chi connectivity index (χ1n) is 11.6. The number of benzene rings is 2. The number of nitrogens with one attached hydrogen (secondary N) is 2. The summed E-state index contributed by atoms with van der Waals surface area (Å²) in [7, 11) is 3.86. The highest BCUT2D eigenvalue weighted by Crippen LogP contribution is 2.35. The monoisotopic (exact) mass is 466 g/mol. The van der Waals surface area contributed by atoms with Crippen LogP contribution in [0.25, 0.3) is 0 Å². The fraction of sp³-hybridized carbons (Fsp3) is 0.423. The van der Waals surface area contributed by atoms with Gasteiger partial charge in [-0.05, 0) is 43.3 Å². The van der Waals surface area contributed by atoms with Crippen molar-refractivity contribution in [3.63, 3.8) is 0 Å². The Morgan fingerprint density at radius 2 is 1.82 bits per heavy atom. The van der Waals surface area contributed by atoms with Gasteiger partial charge in [0.25, 0.3) is 0 Å². The summed E-state index contributed by atoms with van der Waals surface area (Å²) >= 11 is 0. The number of cyclic esters (lactones) is 1. The molecule has 0 saturated carbocycles. The standard InChI is InChI=1S/C26H34N4O4/c1-18(2)15-22(31)28-21-12-8-11-20(16-21)24-23(25(32)27-13-14-29(3)4)30(26(33)34-24)17-19-9-6-5-7-10-19/h5-12,16,18,23-24H,13-15,17H2,1-4H3,(H,27,32)(H,28,31). The lowest BCUT2D eigenvalue weighted by atomic mass is 10.00. The number of amides is 3. The van der Waals surface area contributed by atoms with Crippen LogP contribution in [0.3, 0.4) is 0 Å². The molecule has 0 aromatic heterocycles. The molecule has 0 spiro atoms. The SMILES string of the molecule is CC(C)CC(=O)Nc1cccc(C2OC(=O)N(Cc3ccccc3)C2C(=O)NCCN(C)C)c1. The van der Waals surface area contributed by atoms with Crippen molar-refractivity contribution in [3.8, 4) is 0 Å². The maximum Gasteiger partial charge on any atom is 0.411 e. The first kappa shape index (κ1) is 25.2. The minimum atomic E-state index is -0.837. The van der Waals surface area contributed by atoms with Crippen molar-refractivity contribution in [2.24, 2.45) is 5.92 Å². The summed E-state index contributed by atoms with van der Waals surface area (Å²) in [6.45, 7) is 5.35. The molecule has 1 aliphatic rings. The van der Waals surface area contributed by atoms with E-state index in [0.29, 0.717) is 30.8 Å². The normalized spacial score (nSPS) is 17.7. The molecule has 1 saturated heterocycles. The Hall–Kier alpha value is -3.39. The van der Waals surface area contributed by atoms with Crippen LogP contribution in [0.1, 0.15) is 37.5 Å². The van der Waals surface area contributed by atoms with Crippen molar-refractivity contribution in [2.45, 2.75) is 39.0 Å². The van der Waals surface area contributed by atoms with E-state index in [9.17, 15) is 14.4 Å². The third-order valence-corrected chi connectivity index (χ3v) is 5.50. The number of ether oxygens (including phenoxy) is 1. The van der Waals surface area contributed by atoms with Gasteiger partial charge in [0.2, 0.25) is 11.8 Å². The average molecular weight is 467 g/mol. The van der Waals surface area contributed by atoms with Gasteiger partial charge in [-0.1, -0.05) is 56.3 Å². The van der Waals surface area contributed by atoms with E-state index in [1.54, 1.807) is 18.2 Å². The highest BCUT2D eigenvalue weighted by atomic mass is 16.6. The molecule has 8 nitrogen and oxygen atoms in total. The number of rotatable bonds is 10. The zero-order valence-corrected chi connectivity index (χ0v) is 20.3. The van der Waals surface area contributed by atoms with E-state index in [4.69, 9.17) is 4.74 Å². The molecule has 2 atom stereocenters. The van der Waals surface area contributed by atoms with Gasteiger partial charge in [0.05, 0.1) is 6.54 Å². The van der Waals surface area contributed by atoms with Crippen molar-refractivity contribution < 1.29 is 19.1 Å². The second kappa shape index (κ2) is 11.7. The zero-order chi connectivity index (χ0) is 24.7. The molecule has 0 bridgehead atoms. The molecule has 0 radical (unpaired) electrons. The van der Waals surface area contributed by atoms with Gasteiger partial charge in [-0.3, -0.25) is 14.5 Å². The highest BCUT2D eigenvalue weighted by molar-refractivity contribution is 5.91. The fourth-order valence-electron chi connectivity index (χ4n) is 3.87. The first-order valence-corrected chi connectivity index (χ1v) is 11.6. The maximum atomic E-state index is 13.3. The van der Waals surface area contributed by atoms with Crippen LogP contribution in [0.4, 0.5) is 10.5 Å². The molecule has 182 valence electrons. The van der Waals surface area contributed by atoms with Crippen LogP contribution in [-0.2, 0) is 20.9 Å². The Balaban J connectivity index is 1.85. The van der Waals surface area contributed by atoms with Crippen molar-refractivity contribution in [2.75, 3.05) is 32.5 Å². The predicted molar refractivity (Wildman–Crippen MR) is 131 cm³/mol. The molecule has 2 unspecified atom stereocenters. The predicted octanol–water partition coefficient (Wildman–Crippen LogP) is 3.41. The number of likely N-dealkylation sites (N-methyl/N-ethyl adjacent to an activating group) is 1. The topological polar surface area (TPSA) is 91.0 Å². The Bertz CT molecular complexity index is 993. The molecule has 2 N–H and O–H groups in total. The van der Waals surface area contributed by atoms with E-state index in [0.717, 1.165) is 5.56 Å². The van der Waals surface area contributed by atoms with Gasteiger partial charge in [0.1, 0.15) is 0 Å². The van der Waals surface area contributed by atoms with Gasteiger partial charge in [-0.25, -0.2) is 4.79 Å². The van der Waals surface area contributed by atoms with E-state index >= 15 is 0 Å². The molecule has 8 heteroatoms. The number of anilines is 1. The Morgan fingerprint density at radius 3 is 2.50 bits per heavy atom. The van der Waals surface area contributed by atoms with E-state index < -0.39 is 18.2 Å². The number of hydrogen-bond acceptors (Lipinski definition) is 5. The first-order chi connectivity index (χ1) is 16.2. The van der Waals surface area contributed by atoms with E-state index in [1.807, 2.05) is 69.2 Å². The maximum absolute atomic E-state index is 13.3. The fourth-order valence-corrected chi connectivity index (χ4v) is 3.87. The summed E-state index contributed by atoms with van der Waals surface area (Å²) in [4.78, 5) is 41.8. The third-order valence-electron chi connectivity index (χ3n) is 5.50. The molecule has 1 aliphatic heterocycles. The quantitative estimate of drug-likeness (QED) is 0.560. The van der Waals surface area contributed by atoms with Gasteiger partial charge in [-0.15, -0.1) is 0 Å². The average Bonchev–Trinajstić information content (AvgIpc) is 3.10. The van der Waals surface area contributed by atoms with Crippen LogP contribution in [0.2, 0.25) is 0 Å². The molecule has 3 rings (SSSR count). The molecule has 1 heterocycles. The number of nitrogens with zero attached hydrogens (tertiary/aromatic N) is 2. The molecule has 34 heavy (non-hydrogen) atoms. The second-order valence-corrected chi connectivity index (χ2v) is 9.23. The van der Waals surface area contributed by atoms with Gasteiger partial charge < -0.3 is 20.3 Å². The Kier molecular flexibility index (Phi) is 8.65. The molecule has 1 fully saturated rings. The summed E-state index contributed by atoms with van der Waals surface area (Å²) in [6.07, 6.45) is -0.932. The Labute approximate surface area is 201 Å². The number of hydrogen-bond donors (Lipinski definition) is 2. The summed E-state index contributed by atoms with van der Waals surface area (Å²) in [6, 6.07) is 15.8. The van der Waals surface area contributed by atoms with Crippen LogP contribution < -0.4 is 10.6 Å². The molecular formula is C26H34N4O4. The second-order valence-electron chi connectivity index (χ2n) is 9.23. The zero-order valence-electron chi connectivity index (χ0n) is 20.3. The van der Waals surface area contributed by atoms with E-state index in [1.165, 1.54) is 4.90 Å². The Morgan fingerprint density at radius 1 is 1.09 bits per heavy atom. The van der Waals surface area contributed by atoms with Crippen molar-refractivity contribution >= 4 is 23.6 Å². The van der Waals surface area contributed by atoms with Crippen LogP contribution >= 0.6 is 0 Å². The minimum absolute atomic E-state index is 0.0840. The summed E-state index contributed by atoms with van der Waals surface area (Å²) in [5, 5.41) is 5.83. The lowest BCUT2D eigenvalue weighted by Gasteiger charge is -2.24.